The van der Waals surface area contributed by atoms with Crippen molar-refractivity contribution in [3.63, 3.8) is 0 Å². The third-order valence-electron chi connectivity index (χ3n) is 4.29. The summed E-state index contributed by atoms with van der Waals surface area (Å²) in [6.07, 6.45) is 5.65. The molecule has 0 bridgehead atoms. The molecular weight excluding hydrogens is 368 g/mol. The number of benzene rings is 1. The maximum absolute atomic E-state index is 11.7. The number of nitrogens with zero attached hydrogens (tertiary/aromatic N) is 3. The Morgan fingerprint density at radius 1 is 1.24 bits per heavy atom. The van der Waals surface area contributed by atoms with E-state index in [0.29, 0.717) is 17.5 Å². The van der Waals surface area contributed by atoms with Crippen LogP contribution in [0.4, 0.5) is 17.3 Å². The summed E-state index contributed by atoms with van der Waals surface area (Å²) in [7, 11) is 1.32. The molecule has 29 heavy (non-hydrogen) atoms. The number of hydrogen-bond donors (Lipinski definition) is 3. The van der Waals surface area contributed by atoms with Crippen LogP contribution in [0.3, 0.4) is 0 Å². The molecule has 0 aliphatic carbocycles. The van der Waals surface area contributed by atoms with Gasteiger partial charge in [0.2, 0.25) is 0 Å². The highest BCUT2D eigenvalue weighted by atomic mass is 16.5. The molecule has 8 nitrogen and oxygen atoms in total. The second kappa shape index (κ2) is 9.01. The first-order valence-corrected chi connectivity index (χ1v) is 9.25. The zero-order valence-corrected chi connectivity index (χ0v) is 16.7. The second-order valence-corrected chi connectivity index (χ2v) is 6.53. The van der Waals surface area contributed by atoms with Crippen molar-refractivity contribution in [1.82, 2.24) is 20.2 Å². The number of aryl methyl sites for hydroxylation is 3. The van der Waals surface area contributed by atoms with E-state index in [1.165, 1.54) is 18.7 Å². The van der Waals surface area contributed by atoms with Crippen molar-refractivity contribution < 1.29 is 9.53 Å². The third-order valence-corrected chi connectivity index (χ3v) is 4.29. The van der Waals surface area contributed by atoms with Crippen molar-refractivity contribution in [2.75, 3.05) is 18.2 Å². The van der Waals surface area contributed by atoms with E-state index in [9.17, 15) is 4.79 Å². The van der Waals surface area contributed by atoms with Crippen molar-refractivity contribution in [3.8, 4) is 0 Å². The van der Waals surface area contributed by atoms with Gasteiger partial charge in [-0.05, 0) is 49.9 Å². The second-order valence-electron chi connectivity index (χ2n) is 6.53. The quantitative estimate of drug-likeness (QED) is 0.416. The maximum atomic E-state index is 11.7. The van der Waals surface area contributed by atoms with Gasteiger partial charge in [-0.2, -0.15) is 5.10 Å². The van der Waals surface area contributed by atoms with E-state index >= 15 is 0 Å². The van der Waals surface area contributed by atoms with Gasteiger partial charge < -0.3 is 15.8 Å². The van der Waals surface area contributed by atoms with Gasteiger partial charge >= 0.3 is 5.97 Å². The van der Waals surface area contributed by atoms with Crippen molar-refractivity contribution in [2.24, 2.45) is 0 Å². The van der Waals surface area contributed by atoms with Gasteiger partial charge in [0, 0.05) is 17.8 Å². The monoisotopic (exact) mass is 392 g/mol. The summed E-state index contributed by atoms with van der Waals surface area (Å²) in [4.78, 5) is 20.1. The standard InChI is InChI=1S/C21H24N6O2/c1-4-5-14-6-8-16(22)10-15(14)7-9-17-11-20(27-26-17)25-19-12-18(21(28)29-3)23-13(2)24-19/h4-6,8,10-12H,7,9,22H2,1-3H3,(H2,23,24,25,26,27)/b5-4+. The number of nitrogens with two attached hydrogens (primary N) is 1. The molecule has 3 aromatic rings. The van der Waals surface area contributed by atoms with Gasteiger partial charge in [0.05, 0.1) is 12.8 Å². The molecule has 4 N–H and O–H groups in total. The molecule has 3 rings (SSSR count). The largest absolute Gasteiger partial charge is 0.464 e. The van der Waals surface area contributed by atoms with Crippen LogP contribution in [-0.4, -0.2) is 33.2 Å². The Morgan fingerprint density at radius 3 is 2.83 bits per heavy atom. The average molecular weight is 392 g/mol. The van der Waals surface area contributed by atoms with E-state index in [1.807, 2.05) is 37.3 Å². The summed E-state index contributed by atoms with van der Waals surface area (Å²) in [6, 6.07) is 9.38. The lowest BCUT2D eigenvalue weighted by Gasteiger charge is -2.07. The van der Waals surface area contributed by atoms with Crippen molar-refractivity contribution in [3.05, 3.63) is 64.7 Å². The van der Waals surface area contributed by atoms with E-state index in [2.05, 4.69) is 31.6 Å². The van der Waals surface area contributed by atoms with Crippen LogP contribution >= 0.6 is 0 Å². The number of methoxy groups -OCH3 is 1. The van der Waals surface area contributed by atoms with E-state index in [0.717, 1.165) is 29.8 Å². The van der Waals surface area contributed by atoms with Crippen molar-refractivity contribution in [2.45, 2.75) is 26.7 Å². The minimum atomic E-state index is -0.511. The van der Waals surface area contributed by atoms with Gasteiger partial charge in [-0.1, -0.05) is 18.2 Å². The number of H-pyrrole nitrogens is 1. The molecule has 0 amide bonds. The first-order valence-electron chi connectivity index (χ1n) is 9.25. The van der Waals surface area contributed by atoms with Gasteiger partial charge in [-0.15, -0.1) is 0 Å². The Kier molecular flexibility index (Phi) is 6.23. The van der Waals surface area contributed by atoms with Crippen molar-refractivity contribution in [1.29, 1.82) is 0 Å². The summed E-state index contributed by atoms with van der Waals surface area (Å²) in [5, 5.41) is 10.4. The molecule has 0 spiro atoms. The Labute approximate surface area is 169 Å². The lowest BCUT2D eigenvalue weighted by molar-refractivity contribution is 0.0593. The first-order chi connectivity index (χ1) is 14.0. The fraction of sp³-hybridized carbons (Fsp3) is 0.238. The molecule has 0 radical (unpaired) electrons. The van der Waals surface area contributed by atoms with Crippen LogP contribution in [0.25, 0.3) is 6.08 Å². The summed E-state index contributed by atoms with van der Waals surface area (Å²) in [6.45, 7) is 3.70. The van der Waals surface area contributed by atoms with Crippen LogP contribution in [0, 0.1) is 6.92 Å². The van der Waals surface area contributed by atoms with Gasteiger partial charge in [0.15, 0.2) is 5.69 Å². The highest BCUT2D eigenvalue weighted by Gasteiger charge is 2.11. The number of anilines is 3. The zero-order valence-electron chi connectivity index (χ0n) is 16.7. The van der Waals surface area contributed by atoms with Gasteiger partial charge in [-0.3, -0.25) is 5.10 Å². The molecule has 0 aliphatic rings. The van der Waals surface area contributed by atoms with Gasteiger partial charge in [-0.25, -0.2) is 14.8 Å². The normalized spacial score (nSPS) is 11.0. The van der Waals surface area contributed by atoms with Crippen LogP contribution in [0.5, 0.6) is 0 Å². The van der Waals surface area contributed by atoms with E-state index < -0.39 is 5.97 Å². The Bertz CT molecular complexity index is 1040. The number of nitrogens with one attached hydrogen (secondary N) is 2. The molecule has 0 fully saturated rings. The number of carbonyl (C=O) groups is 1. The molecule has 1 aromatic carbocycles. The highest BCUT2D eigenvalue weighted by Crippen LogP contribution is 2.19. The maximum Gasteiger partial charge on any atom is 0.356 e. The molecule has 8 heteroatoms. The molecule has 0 aliphatic heterocycles. The van der Waals surface area contributed by atoms with Gasteiger partial charge in [0.25, 0.3) is 0 Å². The van der Waals surface area contributed by atoms with Crippen LogP contribution in [0.1, 0.15) is 40.1 Å². The minimum Gasteiger partial charge on any atom is -0.464 e. The summed E-state index contributed by atoms with van der Waals surface area (Å²) in [5.41, 5.74) is 10.1. The molecule has 2 aromatic heterocycles. The molecule has 0 saturated heterocycles. The number of rotatable bonds is 7. The van der Waals surface area contributed by atoms with Crippen LogP contribution < -0.4 is 11.1 Å². The molecule has 0 atom stereocenters. The number of aromatic amines is 1. The Hall–Kier alpha value is -3.68. The number of esters is 1. The zero-order chi connectivity index (χ0) is 20.8. The van der Waals surface area contributed by atoms with E-state index in [4.69, 9.17) is 10.5 Å². The van der Waals surface area contributed by atoms with E-state index in [-0.39, 0.29) is 5.69 Å². The fourth-order valence-electron chi connectivity index (χ4n) is 2.98. The lowest BCUT2D eigenvalue weighted by atomic mass is 10.0. The molecule has 2 heterocycles. The number of allylic oxidation sites excluding steroid dienone is 1. The Balaban J connectivity index is 1.70. The lowest BCUT2D eigenvalue weighted by Crippen LogP contribution is -2.08. The third kappa shape index (κ3) is 5.19. The predicted molar refractivity (Wildman–Crippen MR) is 113 cm³/mol. The average Bonchev–Trinajstić information content (AvgIpc) is 3.14. The first kappa shape index (κ1) is 20.1. The predicted octanol–water partition coefficient (Wildman–Crippen LogP) is 3.44. The molecule has 150 valence electrons. The number of aromatic nitrogens is 4. The Morgan fingerprint density at radius 2 is 2.07 bits per heavy atom. The fourth-order valence-corrected chi connectivity index (χ4v) is 2.98. The smallest absolute Gasteiger partial charge is 0.356 e. The van der Waals surface area contributed by atoms with Crippen molar-refractivity contribution >= 4 is 29.4 Å². The number of carbonyl (C=O) groups excluding carboxylic acids is 1. The number of hydrogen-bond acceptors (Lipinski definition) is 7. The van der Waals surface area contributed by atoms with Crippen LogP contribution in [0.2, 0.25) is 0 Å². The molecule has 0 unspecified atom stereocenters. The highest BCUT2D eigenvalue weighted by molar-refractivity contribution is 5.88. The summed E-state index contributed by atoms with van der Waals surface area (Å²) < 4.78 is 4.72. The molecule has 0 saturated carbocycles. The summed E-state index contributed by atoms with van der Waals surface area (Å²) in [5.74, 6) is 1.12. The number of ether oxygens (including phenoxy) is 1. The topological polar surface area (TPSA) is 119 Å². The van der Waals surface area contributed by atoms with Crippen LogP contribution in [-0.2, 0) is 17.6 Å². The van der Waals surface area contributed by atoms with Gasteiger partial charge in [0.1, 0.15) is 17.5 Å². The molecular formula is C21H24N6O2. The minimum absolute atomic E-state index is 0.195. The van der Waals surface area contributed by atoms with E-state index in [1.54, 1.807) is 6.92 Å². The number of nitrogen functional groups attached to an aromatic ring is 1. The summed E-state index contributed by atoms with van der Waals surface area (Å²) >= 11 is 0. The SMILES string of the molecule is C/C=C/c1ccc(N)cc1CCc1cc(Nc2cc(C(=O)OC)nc(C)n2)[nH]n1. The van der Waals surface area contributed by atoms with Crippen LogP contribution in [0.15, 0.2) is 36.4 Å².